The van der Waals surface area contributed by atoms with Crippen molar-refractivity contribution < 1.29 is 14.3 Å². The second kappa shape index (κ2) is 8.13. The maximum Gasteiger partial charge on any atom is 0.137 e. The van der Waals surface area contributed by atoms with Crippen molar-refractivity contribution in [2.24, 2.45) is 17.8 Å². The summed E-state index contributed by atoms with van der Waals surface area (Å²) in [7, 11) is 4.55. The van der Waals surface area contributed by atoms with E-state index in [9.17, 15) is 5.11 Å². The van der Waals surface area contributed by atoms with Gasteiger partial charge in [-0.05, 0) is 105 Å². The molecule has 1 aromatic carbocycles. The highest BCUT2D eigenvalue weighted by Crippen LogP contribution is 2.60. The zero-order valence-corrected chi connectivity index (χ0v) is 19.2. The maximum atomic E-state index is 10.6. The van der Waals surface area contributed by atoms with E-state index < -0.39 is 6.10 Å². The molecule has 30 heavy (non-hydrogen) atoms. The van der Waals surface area contributed by atoms with Crippen molar-refractivity contribution >= 4 is 0 Å². The average molecular weight is 413 g/mol. The van der Waals surface area contributed by atoms with Crippen molar-refractivity contribution in [1.29, 1.82) is 0 Å². The van der Waals surface area contributed by atoms with Gasteiger partial charge >= 0.3 is 0 Å². The zero-order valence-electron chi connectivity index (χ0n) is 19.2. The Balaban J connectivity index is 1.16. The van der Waals surface area contributed by atoms with E-state index in [1.54, 1.807) is 5.56 Å². The van der Waals surface area contributed by atoms with Gasteiger partial charge in [-0.2, -0.15) is 0 Å². The van der Waals surface area contributed by atoms with Crippen LogP contribution >= 0.6 is 0 Å². The summed E-state index contributed by atoms with van der Waals surface area (Å²) in [5.74, 6) is 3.85. The second-order valence-corrected chi connectivity index (χ2v) is 11.9. The molecule has 1 aromatic rings. The molecule has 0 radical (unpaired) electrons. The maximum absolute atomic E-state index is 10.6. The Morgan fingerprint density at radius 3 is 2.07 bits per heavy atom. The summed E-state index contributed by atoms with van der Waals surface area (Å²) in [6.45, 7) is 1.17. The normalized spacial score (nSPS) is 34.8. The molecule has 1 atom stereocenters. The van der Waals surface area contributed by atoms with Crippen molar-refractivity contribution in [1.82, 2.24) is 0 Å². The number of hydrogen-bond donors (Lipinski definition) is 1. The first-order chi connectivity index (χ1) is 14.4. The summed E-state index contributed by atoms with van der Waals surface area (Å²) in [4.78, 5) is 0. The molecular formula is C27H42NO2+. The molecule has 0 spiro atoms. The Morgan fingerprint density at radius 2 is 1.50 bits per heavy atom. The Bertz CT molecular complexity index is 684. The molecule has 0 unspecified atom stereocenters. The quantitative estimate of drug-likeness (QED) is 0.616. The summed E-state index contributed by atoms with van der Waals surface area (Å²) in [5, 5.41) is 10.6. The zero-order chi connectivity index (χ0) is 20.8. The lowest BCUT2D eigenvalue weighted by atomic mass is 9.48. The highest BCUT2D eigenvalue weighted by molar-refractivity contribution is 5.34. The second-order valence-electron chi connectivity index (χ2n) is 11.9. The van der Waals surface area contributed by atoms with Gasteiger partial charge in [-0.15, -0.1) is 0 Å². The topological polar surface area (TPSA) is 29.5 Å². The molecule has 4 bridgehead atoms. The highest BCUT2D eigenvalue weighted by atomic mass is 16.5. The first-order valence-corrected chi connectivity index (χ1v) is 12.7. The van der Waals surface area contributed by atoms with E-state index in [4.69, 9.17) is 4.74 Å². The van der Waals surface area contributed by atoms with Crippen LogP contribution in [-0.4, -0.2) is 49.0 Å². The van der Waals surface area contributed by atoms with E-state index in [1.807, 2.05) is 0 Å². The fourth-order valence-electron chi connectivity index (χ4n) is 8.09. The SMILES string of the molecule is C[N+](C)(C[C@@H](O)COc1ccc(C23CC4CC(CC(C4)C2)C3)cc1)C1CCCCC1. The van der Waals surface area contributed by atoms with Gasteiger partial charge in [0, 0.05) is 0 Å². The number of aliphatic hydroxyl groups is 1. The Hall–Kier alpha value is -1.06. The summed E-state index contributed by atoms with van der Waals surface area (Å²) >= 11 is 0. The number of likely N-dealkylation sites (N-methyl/N-ethyl adjacent to an activating group) is 1. The van der Waals surface area contributed by atoms with Gasteiger partial charge in [0.2, 0.25) is 0 Å². The minimum atomic E-state index is -0.412. The van der Waals surface area contributed by atoms with E-state index >= 15 is 0 Å². The smallest absolute Gasteiger partial charge is 0.137 e. The molecule has 3 nitrogen and oxygen atoms in total. The van der Waals surface area contributed by atoms with Gasteiger partial charge in [0.05, 0.1) is 20.1 Å². The van der Waals surface area contributed by atoms with Crippen molar-refractivity contribution in [2.75, 3.05) is 27.2 Å². The van der Waals surface area contributed by atoms with Crippen LogP contribution in [0, 0.1) is 17.8 Å². The summed E-state index contributed by atoms with van der Waals surface area (Å²) in [6, 6.07) is 9.66. The fourth-order valence-corrected chi connectivity index (χ4v) is 8.09. The number of rotatable bonds is 7. The molecule has 6 rings (SSSR count). The lowest BCUT2D eigenvalue weighted by Crippen LogP contribution is -2.54. The van der Waals surface area contributed by atoms with Gasteiger partial charge in [-0.25, -0.2) is 0 Å². The van der Waals surface area contributed by atoms with E-state index in [-0.39, 0.29) is 0 Å². The Kier molecular flexibility index (Phi) is 5.64. The third kappa shape index (κ3) is 4.17. The molecule has 3 heteroatoms. The number of nitrogens with zero attached hydrogens (tertiary/aromatic N) is 1. The van der Waals surface area contributed by atoms with E-state index in [0.717, 1.165) is 34.5 Å². The van der Waals surface area contributed by atoms with Crippen LogP contribution in [0.4, 0.5) is 0 Å². The third-order valence-electron chi connectivity index (χ3n) is 9.19. The summed E-state index contributed by atoms with van der Waals surface area (Å²) in [5.41, 5.74) is 2.00. The summed E-state index contributed by atoms with van der Waals surface area (Å²) < 4.78 is 6.93. The van der Waals surface area contributed by atoms with Gasteiger partial charge in [0.1, 0.15) is 25.0 Å². The molecule has 0 aromatic heterocycles. The number of aliphatic hydroxyl groups excluding tert-OH is 1. The first kappa shape index (κ1) is 20.8. The standard InChI is InChI=1S/C27H42NO2/c1-28(2,24-6-4-3-5-7-24)18-25(29)19-30-26-10-8-23(9-11-26)27-15-20-12-21(16-27)14-22(13-20)17-27/h8-11,20-22,24-25,29H,3-7,12-19H2,1-2H3/q+1/t20?,21?,22?,25-,27?/m1/s1. The van der Waals surface area contributed by atoms with Gasteiger partial charge < -0.3 is 14.3 Å². The Labute approximate surface area is 183 Å². The predicted octanol–water partition coefficient (Wildman–Crippen LogP) is 5.30. The van der Waals surface area contributed by atoms with Crippen molar-refractivity contribution in [3.63, 3.8) is 0 Å². The van der Waals surface area contributed by atoms with Crippen LogP contribution in [-0.2, 0) is 5.41 Å². The molecule has 5 fully saturated rings. The third-order valence-corrected chi connectivity index (χ3v) is 9.19. The molecular weight excluding hydrogens is 370 g/mol. The summed E-state index contributed by atoms with van der Waals surface area (Å²) in [6.07, 6.45) is 15.0. The molecule has 5 aliphatic rings. The largest absolute Gasteiger partial charge is 0.491 e. The number of benzene rings is 1. The highest BCUT2D eigenvalue weighted by Gasteiger charge is 2.51. The minimum Gasteiger partial charge on any atom is -0.491 e. The van der Waals surface area contributed by atoms with Crippen LogP contribution < -0.4 is 4.74 Å². The van der Waals surface area contributed by atoms with E-state index in [1.165, 1.54) is 70.6 Å². The molecule has 0 saturated heterocycles. The molecule has 0 amide bonds. The van der Waals surface area contributed by atoms with Gasteiger partial charge in [-0.1, -0.05) is 18.6 Å². The van der Waals surface area contributed by atoms with Crippen LogP contribution in [0.3, 0.4) is 0 Å². The Morgan fingerprint density at radius 1 is 0.933 bits per heavy atom. The minimum absolute atomic E-state index is 0.394. The van der Waals surface area contributed by atoms with Gasteiger partial charge in [0.15, 0.2) is 0 Å². The van der Waals surface area contributed by atoms with Crippen LogP contribution in [0.5, 0.6) is 5.75 Å². The molecule has 0 heterocycles. The van der Waals surface area contributed by atoms with Crippen molar-refractivity contribution in [2.45, 2.75) is 88.2 Å². The van der Waals surface area contributed by atoms with Gasteiger partial charge in [-0.3, -0.25) is 0 Å². The molecule has 166 valence electrons. The molecule has 0 aliphatic heterocycles. The number of ether oxygens (including phenoxy) is 1. The first-order valence-electron chi connectivity index (χ1n) is 12.7. The predicted molar refractivity (Wildman–Crippen MR) is 122 cm³/mol. The van der Waals surface area contributed by atoms with Crippen molar-refractivity contribution in [3.8, 4) is 5.75 Å². The lowest BCUT2D eigenvalue weighted by Gasteiger charge is -2.57. The fraction of sp³-hybridized carbons (Fsp3) is 0.778. The average Bonchev–Trinajstić information content (AvgIpc) is 2.72. The van der Waals surface area contributed by atoms with Crippen LogP contribution in [0.25, 0.3) is 0 Å². The number of quaternary nitrogens is 1. The monoisotopic (exact) mass is 412 g/mol. The number of hydrogen-bond acceptors (Lipinski definition) is 2. The van der Waals surface area contributed by atoms with Crippen LogP contribution in [0.1, 0.15) is 76.2 Å². The molecule has 5 aliphatic carbocycles. The lowest BCUT2D eigenvalue weighted by molar-refractivity contribution is -0.919. The van der Waals surface area contributed by atoms with E-state index in [0.29, 0.717) is 18.1 Å². The van der Waals surface area contributed by atoms with Crippen LogP contribution in [0.2, 0.25) is 0 Å². The van der Waals surface area contributed by atoms with Gasteiger partial charge in [0.25, 0.3) is 0 Å². The van der Waals surface area contributed by atoms with Crippen molar-refractivity contribution in [3.05, 3.63) is 29.8 Å². The van der Waals surface area contributed by atoms with E-state index in [2.05, 4.69) is 38.4 Å². The molecule has 1 N–H and O–H groups in total. The van der Waals surface area contributed by atoms with Crippen LogP contribution in [0.15, 0.2) is 24.3 Å². The molecule has 5 saturated carbocycles.